The number of halogens is 3. The molecular formula is C19H14F3N3O2. The maximum atomic E-state index is 13.8. The molecule has 0 spiro atoms. The van der Waals surface area contributed by atoms with E-state index < -0.39 is 23.4 Å². The van der Waals surface area contributed by atoms with Gasteiger partial charge in [-0.1, -0.05) is 6.07 Å². The third kappa shape index (κ3) is 4.17. The van der Waals surface area contributed by atoms with Crippen molar-refractivity contribution in [3.8, 4) is 5.75 Å². The summed E-state index contributed by atoms with van der Waals surface area (Å²) in [4.78, 5) is 16.3. The van der Waals surface area contributed by atoms with E-state index in [1.54, 1.807) is 24.3 Å². The molecule has 0 aliphatic carbocycles. The zero-order chi connectivity index (χ0) is 19.4. The van der Waals surface area contributed by atoms with Gasteiger partial charge in [0.05, 0.1) is 12.8 Å². The first-order valence-electron chi connectivity index (χ1n) is 7.80. The molecule has 138 valence electrons. The quantitative estimate of drug-likeness (QED) is 0.647. The van der Waals surface area contributed by atoms with E-state index in [4.69, 9.17) is 4.74 Å². The van der Waals surface area contributed by atoms with E-state index in [9.17, 15) is 18.0 Å². The summed E-state index contributed by atoms with van der Waals surface area (Å²) in [7, 11) is 1.51. The van der Waals surface area contributed by atoms with Crippen LogP contribution in [0.1, 0.15) is 10.5 Å². The predicted molar refractivity (Wildman–Crippen MR) is 94.8 cm³/mol. The second kappa shape index (κ2) is 7.77. The van der Waals surface area contributed by atoms with Gasteiger partial charge in [0.15, 0.2) is 17.5 Å². The molecule has 2 aromatic carbocycles. The molecule has 5 nitrogen and oxygen atoms in total. The molecule has 1 amide bonds. The van der Waals surface area contributed by atoms with Gasteiger partial charge in [-0.25, -0.2) is 13.2 Å². The van der Waals surface area contributed by atoms with Gasteiger partial charge < -0.3 is 15.4 Å². The summed E-state index contributed by atoms with van der Waals surface area (Å²) in [6.45, 7) is 0. The lowest BCUT2D eigenvalue weighted by Crippen LogP contribution is -2.14. The number of carbonyl (C=O) groups is 1. The number of methoxy groups -OCH3 is 1. The number of nitrogens with zero attached hydrogens (tertiary/aromatic N) is 1. The Morgan fingerprint density at radius 3 is 2.59 bits per heavy atom. The van der Waals surface area contributed by atoms with Crippen LogP contribution < -0.4 is 15.4 Å². The number of pyridine rings is 1. The maximum absolute atomic E-state index is 13.8. The Bertz CT molecular complexity index is 996. The van der Waals surface area contributed by atoms with Crippen molar-refractivity contribution < 1.29 is 22.7 Å². The highest BCUT2D eigenvalue weighted by Crippen LogP contribution is 2.24. The molecule has 0 atom stereocenters. The SMILES string of the molecule is COc1cccc(NC(=O)c2cc(Nc3ccc(F)c(F)c3F)ccn2)c1. The molecule has 3 aromatic rings. The van der Waals surface area contributed by atoms with Crippen LogP contribution in [0, 0.1) is 17.5 Å². The summed E-state index contributed by atoms with van der Waals surface area (Å²) in [6, 6.07) is 11.4. The van der Waals surface area contributed by atoms with E-state index >= 15 is 0 Å². The normalized spacial score (nSPS) is 10.4. The highest BCUT2D eigenvalue weighted by Gasteiger charge is 2.14. The van der Waals surface area contributed by atoms with Gasteiger partial charge in [0, 0.05) is 23.6 Å². The molecule has 0 aliphatic heterocycles. The standard InChI is InChI=1S/C19H14F3N3O2/c1-27-13-4-2-3-11(9-13)25-19(26)16-10-12(7-8-23-16)24-15-6-5-14(20)17(21)18(15)22/h2-10H,1H3,(H,23,24)(H,25,26). The van der Waals surface area contributed by atoms with E-state index in [0.29, 0.717) is 11.4 Å². The van der Waals surface area contributed by atoms with Crippen LogP contribution >= 0.6 is 0 Å². The zero-order valence-electron chi connectivity index (χ0n) is 14.1. The van der Waals surface area contributed by atoms with Crippen LogP contribution in [0.25, 0.3) is 0 Å². The van der Waals surface area contributed by atoms with Crippen LogP contribution in [-0.2, 0) is 0 Å². The van der Waals surface area contributed by atoms with Crippen LogP contribution in [0.4, 0.5) is 30.2 Å². The Morgan fingerprint density at radius 2 is 1.81 bits per heavy atom. The van der Waals surface area contributed by atoms with Crippen LogP contribution in [0.3, 0.4) is 0 Å². The minimum atomic E-state index is -1.58. The average molecular weight is 373 g/mol. The summed E-state index contributed by atoms with van der Waals surface area (Å²) < 4.78 is 45.2. The van der Waals surface area contributed by atoms with E-state index in [-0.39, 0.29) is 17.1 Å². The Labute approximate surface area is 152 Å². The van der Waals surface area contributed by atoms with E-state index in [0.717, 1.165) is 12.1 Å². The minimum Gasteiger partial charge on any atom is -0.497 e. The van der Waals surface area contributed by atoms with Crippen molar-refractivity contribution in [3.05, 3.63) is 77.9 Å². The lowest BCUT2D eigenvalue weighted by molar-refractivity contribution is 0.102. The van der Waals surface area contributed by atoms with Crippen molar-refractivity contribution in [2.24, 2.45) is 0 Å². The van der Waals surface area contributed by atoms with Crippen LogP contribution in [0.5, 0.6) is 5.75 Å². The molecular weight excluding hydrogens is 359 g/mol. The van der Waals surface area contributed by atoms with Gasteiger partial charge in [-0.15, -0.1) is 0 Å². The van der Waals surface area contributed by atoms with Crippen molar-refractivity contribution in [3.63, 3.8) is 0 Å². The molecule has 1 heterocycles. The molecule has 1 aromatic heterocycles. The van der Waals surface area contributed by atoms with Crippen molar-refractivity contribution in [1.29, 1.82) is 0 Å². The number of aromatic nitrogens is 1. The van der Waals surface area contributed by atoms with Gasteiger partial charge in [0.1, 0.15) is 11.4 Å². The molecule has 27 heavy (non-hydrogen) atoms. The second-order valence-corrected chi connectivity index (χ2v) is 5.46. The fourth-order valence-corrected chi connectivity index (χ4v) is 2.31. The highest BCUT2D eigenvalue weighted by molar-refractivity contribution is 6.03. The molecule has 8 heteroatoms. The summed E-state index contributed by atoms with van der Waals surface area (Å²) in [6.07, 6.45) is 1.33. The number of ether oxygens (including phenoxy) is 1. The smallest absolute Gasteiger partial charge is 0.274 e. The monoisotopic (exact) mass is 373 g/mol. The Morgan fingerprint density at radius 1 is 1.00 bits per heavy atom. The third-order valence-electron chi connectivity index (χ3n) is 3.63. The fraction of sp³-hybridized carbons (Fsp3) is 0.0526. The number of anilines is 3. The number of rotatable bonds is 5. The van der Waals surface area contributed by atoms with Gasteiger partial charge in [-0.2, -0.15) is 0 Å². The number of hydrogen-bond acceptors (Lipinski definition) is 4. The molecule has 0 bridgehead atoms. The van der Waals surface area contributed by atoms with Crippen LogP contribution in [0.15, 0.2) is 54.7 Å². The molecule has 3 rings (SSSR count). The number of carbonyl (C=O) groups excluding carboxylic acids is 1. The minimum absolute atomic E-state index is 0.0470. The number of benzene rings is 2. The molecule has 2 N–H and O–H groups in total. The van der Waals surface area contributed by atoms with Gasteiger partial charge in [0.2, 0.25) is 0 Å². The Balaban J connectivity index is 1.79. The molecule has 0 fully saturated rings. The van der Waals surface area contributed by atoms with Gasteiger partial charge >= 0.3 is 0 Å². The molecule has 0 saturated carbocycles. The Kier molecular flexibility index (Phi) is 5.25. The van der Waals surface area contributed by atoms with Crippen molar-refractivity contribution >= 4 is 23.0 Å². The lowest BCUT2D eigenvalue weighted by Gasteiger charge is -2.10. The number of nitrogens with one attached hydrogen (secondary N) is 2. The van der Waals surface area contributed by atoms with E-state index in [1.165, 1.54) is 25.4 Å². The Hall–Kier alpha value is -3.55. The first-order valence-corrected chi connectivity index (χ1v) is 7.80. The van der Waals surface area contributed by atoms with Crippen molar-refractivity contribution in [2.45, 2.75) is 0 Å². The van der Waals surface area contributed by atoms with Gasteiger partial charge in [0.25, 0.3) is 5.91 Å². The van der Waals surface area contributed by atoms with Gasteiger partial charge in [-0.05, 0) is 36.4 Å². The summed E-state index contributed by atoms with van der Waals surface area (Å²) in [5.41, 5.74) is 0.571. The fourth-order valence-electron chi connectivity index (χ4n) is 2.31. The third-order valence-corrected chi connectivity index (χ3v) is 3.63. The van der Waals surface area contributed by atoms with Crippen molar-refractivity contribution in [1.82, 2.24) is 4.98 Å². The van der Waals surface area contributed by atoms with E-state index in [1.807, 2.05) is 0 Å². The van der Waals surface area contributed by atoms with Crippen molar-refractivity contribution in [2.75, 3.05) is 17.7 Å². The molecule has 0 unspecified atom stereocenters. The topological polar surface area (TPSA) is 63.2 Å². The molecule has 0 saturated heterocycles. The predicted octanol–water partition coefficient (Wildman–Crippen LogP) is 4.50. The van der Waals surface area contributed by atoms with E-state index in [2.05, 4.69) is 15.6 Å². The zero-order valence-corrected chi connectivity index (χ0v) is 14.1. The summed E-state index contributed by atoms with van der Waals surface area (Å²) in [5, 5.41) is 5.26. The average Bonchev–Trinajstić information content (AvgIpc) is 2.69. The number of hydrogen-bond donors (Lipinski definition) is 2. The number of amides is 1. The van der Waals surface area contributed by atoms with Crippen LogP contribution in [-0.4, -0.2) is 18.0 Å². The second-order valence-electron chi connectivity index (χ2n) is 5.46. The van der Waals surface area contributed by atoms with Gasteiger partial charge in [-0.3, -0.25) is 9.78 Å². The van der Waals surface area contributed by atoms with Crippen LogP contribution in [0.2, 0.25) is 0 Å². The first kappa shape index (κ1) is 18.2. The highest BCUT2D eigenvalue weighted by atomic mass is 19.2. The summed E-state index contributed by atoms with van der Waals surface area (Å²) >= 11 is 0. The molecule has 0 radical (unpaired) electrons. The first-order chi connectivity index (χ1) is 13.0. The molecule has 0 aliphatic rings. The lowest BCUT2D eigenvalue weighted by atomic mass is 10.2. The largest absolute Gasteiger partial charge is 0.497 e. The summed E-state index contributed by atoms with van der Waals surface area (Å²) in [5.74, 6) is -4.15. The maximum Gasteiger partial charge on any atom is 0.274 e.